The SMILES string of the molecule is Cc1ccc(F)c(OC(=O)CCC(=O)Oc2cc(F)ccc2F)c1. The van der Waals surface area contributed by atoms with Gasteiger partial charge in [-0.05, 0) is 36.8 Å². The number of halogens is 3. The van der Waals surface area contributed by atoms with Crippen LogP contribution >= 0.6 is 0 Å². The van der Waals surface area contributed by atoms with Crippen LogP contribution in [0.25, 0.3) is 0 Å². The van der Waals surface area contributed by atoms with Crippen LogP contribution in [0.2, 0.25) is 0 Å². The van der Waals surface area contributed by atoms with E-state index < -0.39 is 48.0 Å². The number of carbonyl (C=O) groups excluding carboxylic acids is 2. The molecule has 2 aromatic carbocycles. The molecule has 0 aliphatic heterocycles. The van der Waals surface area contributed by atoms with Gasteiger partial charge in [0.1, 0.15) is 5.82 Å². The Morgan fingerprint density at radius 3 is 1.92 bits per heavy atom. The molecule has 0 amide bonds. The normalized spacial score (nSPS) is 10.3. The van der Waals surface area contributed by atoms with Crippen LogP contribution in [-0.2, 0) is 9.59 Å². The minimum atomic E-state index is -0.943. The Morgan fingerprint density at radius 2 is 1.33 bits per heavy atom. The second-order valence-corrected chi connectivity index (χ2v) is 4.96. The number of rotatable bonds is 5. The zero-order valence-corrected chi connectivity index (χ0v) is 12.6. The third kappa shape index (κ3) is 4.84. The molecular formula is C17H13F3O4. The van der Waals surface area contributed by atoms with Crippen molar-refractivity contribution in [2.45, 2.75) is 19.8 Å². The molecule has 0 aliphatic rings. The Hall–Kier alpha value is -2.83. The van der Waals surface area contributed by atoms with Crippen molar-refractivity contribution in [1.82, 2.24) is 0 Å². The number of aryl methyl sites for hydroxylation is 1. The molecule has 24 heavy (non-hydrogen) atoms. The van der Waals surface area contributed by atoms with Gasteiger partial charge in [-0.3, -0.25) is 9.59 Å². The van der Waals surface area contributed by atoms with Crippen molar-refractivity contribution in [1.29, 1.82) is 0 Å². The molecule has 0 aliphatic carbocycles. The quantitative estimate of drug-likeness (QED) is 0.616. The second-order valence-electron chi connectivity index (χ2n) is 4.96. The van der Waals surface area contributed by atoms with E-state index in [0.717, 1.165) is 18.2 Å². The summed E-state index contributed by atoms with van der Waals surface area (Å²) >= 11 is 0. The number of ether oxygens (including phenoxy) is 2. The molecule has 0 N–H and O–H groups in total. The molecule has 126 valence electrons. The van der Waals surface area contributed by atoms with Crippen LogP contribution in [0.15, 0.2) is 36.4 Å². The van der Waals surface area contributed by atoms with Gasteiger partial charge in [-0.25, -0.2) is 13.2 Å². The molecule has 2 aromatic rings. The van der Waals surface area contributed by atoms with Crippen molar-refractivity contribution < 1.29 is 32.2 Å². The molecule has 0 unspecified atom stereocenters. The number of carbonyl (C=O) groups is 2. The van der Waals surface area contributed by atoms with Gasteiger partial charge in [0, 0.05) is 6.07 Å². The lowest BCUT2D eigenvalue weighted by atomic mass is 10.2. The molecule has 4 nitrogen and oxygen atoms in total. The van der Waals surface area contributed by atoms with E-state index in [1.165, 1.54) is 12.1 Å². The maximum absolute atomic E-state index is 13.5. The summed E-state index contributed by atoms with van der Waals surface area (Å²) in [5, 5.41) is 0. The van der Waals surface area contributed by atoms with E-state index in [1.54, 1.807) is 6.92 Å². The van der Waals surface area contributed by atoms with E-state index in [1.807, 2.05) is 0 Å². The summed E-state index contributed by atoms with van der Waals surface area (Å²) in [5.41, 5.74) is 0.695. The average Bonchev–Trinajstić information content (AvgIpc) is 2.52. The summed E-state index contributed by atoms with van der Waals surface area (Å²) in [6.07, 6.45) is -0.828. The molecule has 0 fully saturated rings. The summed E-state index contributed by atoms with van der Waals surface area (Å²) in [6.45, 7) is 1.70. The smallest absolute Gasteiger partial charge is 0.311 e. The molecule has 7 heteroatoms. The zero-order chi connectivity index (χ0) is 17.7. The number of hydrogen-bond donors (Lipinski definition) is 0. The molecule has 0 heterocycles. The van der Waals surface area contributed by atoms with Crippen molar-refractivity contribution in [2.24, 2.45) is 0 Å². The maximum Gasteiger partial charge on any atom is 0.311 e. The highest BCUT2D eigenvalue weighted by molar-refractivity contribution is 5.80. The van der Waals surface area contributed by atoms with Gasteiger partial charge in [0.05, 0.1) is 12.8 Å². The van der Waals surface area contributed by atoms with E-state index in [2.05, 4.69) is 4.74 Å². The Morgan fingerprint density at radius 1 is 0.833 bits per heavy atom. The summed E-state index contributed by atoms with van der Waals surface area (Å²) < 4.78 is 49.2. The van der Waals surface area contributed by atoms with Crippen LogP contribution in [0.5, 0.6) is 11.5 Å². The van der Waals surface area contributed by atoms with Gasteiger partial charge in [-0.1, -0.05) is 6.07 Å². The van der Waals surface area contributed by atoms with Crippen molar-refractivity contribution >= 4 is 11.9 Å². The fourth-order valence-corrected chi connectivity index (χ4v) is 1.80. The molecular weight excluding hydrogens is 325 g/mol. The van der Waals surface area contributed by atoms with Gasteiger partial charge in [0.2, 0.25) is 0 Å². The number of esters is 2. The molecule has 0 radical (unpaired) electrons. The summed E-state index contributed by atoms with van der Waals surface area (Å²) in [4.78, 5) is 23.2. The van der Waals surface area contributed by atoms with Gasteiger partial charge in [-0.15, -0.1) is 0 Å². The third-order valence-corrected chi connectivity index (χ3v) is 2.96. The Balaban J connectivity index is 1.88. The maximum atomic E-state index is 13.5. The molecule has 2 rings (SSSR count). The van der Waals surface area contributed by atoms with Crippen molar-refractivity contribution in [3.05, 3.63) is 59.4 Å². The average molecular weight is 338 g/mol. The Kier molecular flexibility index (Phi) is 5.57. The van der Waals surface area contributed by atoms with Crippen LogP contribution in [0.3, 0.4) is 0 Å². The molecule has 0 saturated carbocycles. The number of hydrogen-bond acceptors (Lipinski definition) is 4. The third-order valence-electron chi connectivity index (χ3n) is 2.96. The fraction of sp³-hybridized carbons (Fsp3) is 0.176. The summed E-state index contributed by atoms with van der Waals surface area (Å²) in [7, 11) is 0. The molecule has 0 spiro atoms. The molecule has 0 bridgehead atoms. The lowest BCUT2D eigenvalue weighted by molar-refractivity contribution is -0.140. The summed E-state index contributed by atoms with van der Waals surface area (Å²) in [6, 6.07) is 6.41. The van der Waals surface area contributed by atoms with E-state index >= 15 is 0 Å². The highest BCUT2D eigenvalue weighted by Crippen LogP contribution is 2.20. The largest absolute Gasteiger partial charge is 0.423 e. The van der Waals surface area contributed by atoms with Crippen molar-refractivity contribution in [2.75, 3.05) is 0 Å². The van der Waals surface area contributed by atoms with Gasteiger partial charge in [0.25, 0.3) is 0 Å². The Bertz CT molecular complexity index is 709. The predicted octanol–water partition coefficient (Wildman–Crippen LogP) is 3.70. The van der Waals surface area contributed by atoms with E-state index in [4.69, 9.17) is 4.74 Å². The first-order chi connectivity index (χ1) is 11.3. The highest BCUT2D eigenvalue weighted by atomic mass is 19.1. The van der Waals surface area contributed by atoms with E-state index in [-0.39, 0.29) is 5.75 Å². The monoisotopic (exact) mass is 338 g/mol. The van der Waals surface area contributed by atoms with Crippen LogP contribution in [0.1, 0.15) is 18.4 Å². The fourth-order valence-electron chi connectivity index (χ4n) is 1.80. The minimum Gasteiger partial charge on any atom is -0.423 e. The first-order valence-corrected chi connectivity index (χ1v) is 6.97. The van der Waals surface area contributed by atoms with Gasteiger partial charge in [0.15, 0.2) is 23.1 Å². The first kappa shape index (κ1) is 17.5. The number of benzene rings is 2. The topological polar surface area (TPSA) is 52.6 Å². The van der Waals surface area contributed by atoms with Crippen LogP contribution in [0.4, 0.5) is 13.2 Å². The standard InChI is InChI=1S/C17H13F3O4/c1-10-2-4-12(19)14(8-10)23-16(21)6-7-17(22)24-15-9-11(18)3-5-13(15)20/h2-5,8-9H,6-7H2,1H3. The summed E-state index contributed by atoms with van der Waals surface area (Å²) in [5.74, 6) is -5.00. The Labute approximate surface area is 135 Å². The highest BCUT2D eigenvalue weighted by Gasteiger charge is 2.15. The predicted molar refractivity (Wildman–Crippen MR) is 78.0 cm³/mol. The van der Waals surface area contributed by atoms with Crippen molar-refractivity contribution in [3.8, 4) is 11.5 Å². The van der Waals surface area contributed by atoms with Crippen LogP contribution < -0.4 is 9.47 Å². The van der Waals surface area contributed by atoms with E-state index in [9.17, 15) is 22.8 Å². The van der Waals surface area contributed by atoms with Gasteiger partial charge in [-0.2, -0.15) is 0 Å². The van der Waals surface area contributed by atoms with Crippen molar-refractivity contribution in [3.63, 3.8) is 0 Å². The molecule has 0 atom stereocenters. The zero-order valence-electron chi connectivity index (χ0n) is 12.6. The second kappa shape index (κ2) is 7.63. The van der Waals surface area contributed by atoms with Gasteiger partial charge >= 0.3 is 11.9 Å². The molecule has 0 aromatic heterocycles. The minimum absolute atomic E-state index is 0.246. The van der Waals surface area contributed by atoms with E-state index in [0.29, 0.717) is 11.6 Å². The van der Waals surface area contributed by atoms with Crippen LogP contribution in [-0.4, -0.2) is 11.9 Å². The lowest BCUT2D eigenvalue weighted by Crippen LogP contribution is -2.15. The molecule has 0 saturated heterocycles. The first-order valence-electron chi connectivity index (χ1n) is 6.97. The van der Waals surface area contributed by atoms with Gasteiger partial charge < -0.3 is 9.47 Å². The van der Waals surface area contributed by atoms with Crippen LogP contribution in [0, 0.1) is 24.4 Å². The lowest BCUT2D eigenvalue weighted by Gasteiger charge is -2.07.